The molecule has 0 unspecified atom stereocenters. The van der Waals surface area contributed by atoms with Crippen molar-refractivity contribution in [2.24, 2.45) is 11.8 Å². The van der Waals surface area contributed by atoms with Gasteiger partial charge in [0.15, 0.2) is 0 Å². The molecule has 1 aliphatic carbocycles. The van der Waals surface area contributed by atoms with Crippen LogP contribution < -0.4 is 10.1 Å². The molecule has 0 spiro atoms. The lowest BCUT2D eigenvalue weighted by molar-refractivity contribution is -0.124. The quantitative estimate of drug-likeness (QED) is 0.898. The number of carbonyl (C=O) groups is 2. The van der Waals surface area contributed by atoms with Gasteiger partial charge in [-0.05, 0) is 42.9 Å². The number of benzene rings is 1. The van der Waals surface area contributed by atoms with E-state index in [2.05, 4.69) is 10.3 Å². The Morgan fingerprint density at radius 3 is 2.88 bits per heavy atom. The van der Waals surface area contributed by atoms with Crippen LogP contribution in [-0.2, 0) is 4.79 Å². The first-order valence-electron chi connectivity index (χ1n) is 8.76. The molecule has 1 aliphatic heterocycles. The Kier molecular flexibility index (Phi) is 3.90. The zero-order valence-electron chi connectivity index (χ0n) is 14.5. The van der Waals surface area contributed by atoms with Crippen molar-refractivity contribution in [2.75, 3.05) is 20.7 Å². The molecule has 2 fully saturated rings. The Balaban J connectivity index is 1.54. The molecule has 4 rings (SSSR count). The van der Waals surface area contributed by atoms with E-state index in [1.807, 2.05) is 36.2 Å². The Labute approximate surface area is 146 Å². The number of methoxy groups -OCH3 is 1. The largest absolute Gasteiger partial charge is 0.496 e. The van der Waals surface area contributed by atoms with E-state index in [0.29, 0.717) is 24.0 Å². The first kappa shape index (κ1) is 16.0. The number of aromatic amines is 1. The lowest BCUT2D eigenvalue weighted by atomic mass is 9.89. The van der Waals surface area contributed by atoms with E-state index in [-0.39, 0.29) is 17.9 Å². The van der Waals surface area contributed by atoms with Crippen molar-refractivity contribution in [1.82, 2.24) is 15.2 Å². The molecule has 1 saturated carbocycles. The van der Waals surface area contributed by atoms with Crippen LogP contribution in [0.1, 0.15) is 29.8 Å². The molecule has 25 heavy (non-hydrogen) atoms. The smallest absolute Gasteiger partial charge is 0.270 e. The highest BCUT2D eigenvalue weighted by Gasteiger charge is 2.40. The molecule has 6 heteroatoms. The van der Waals surface area contributed by atoms with E-state index in [1.54, 1.807) is 7.11 Å². The van der Waals surface area contributed by atoms with E-state index >= 15 is 0 Å². The normalized spacial score (nSPS) is 25.5. The third-order valence-corrected chi connectivity index (χ3v) is 5.77. The number of nitrogens with zero attached hydrogens (tertiary/aromatic N) is 1. The zero-order chi connectivity index (χ0) is 17.6. The average molecular weight is 341 g/mol. The summed E-state index contributed by atoms with van der Waals surface area (Å²) in [5.41, 5.74) is 1.47. The number of H-pyrrole nitrogens is 1. The van der Waals surface area contributed by atoms with Crippen LogP contribution in [0.5, 0.6) is 5.75 Å². The van der Waals surface area contributed by atoms with Gasteiger partial charge in [0.2, 0.25) is 5.91 Å². The van der Waals surface area contributed by atoms with E-state index in [4.69, 9.17) is 4.74 Å². The van der Waals surface area contributed by atoms with Crippen molar-refractivity contribution in [1.29, 1.82) is 0 Å². The topological polar surface area (TPSA) is 74.4 Å². The van der Waals surface area contributed by atoms with Crippen molar-refractivity contribution in [3.05, 3.63) is 30.0 Å². The first-order valence-corrected chi connectivity index (χ1v) is 8.76. The number of hydrogen-bond donors (Lipinski definition) is 2. The number of amides is 2. The van der Waals surface area contributed by atoms with Crippen molar-refractivity contribution < 1.29 is 14.3 Å². The minimum Gasteiger partial charge on any atom is -0.496 e. The maximum atomic E-state index is 12.9. The molecule has 1 saturated heterocycles. The summed E-state index contributed by atoms with van der Waals surface area (Å²) in [7, 11) is 3.49. The SMILES string of the molecule is COc1cccc2[nH]c(C(=O)N(C)[C@H]3C[C@H]4CC(=O)NC[C@H]4C3)cc12. The van der Waals surface area contributed by atoms with Gasteiger partial charge >= 0.3 is 0 Å². The third-order valence-electron chi connectivity index (χ3n) is 5.77. The van der Waals surface area contributed by atoms with Crippen LogP contribution in [0.15, 0.2) is 24.3 Å². The van der Waals surface area contributed by atoms with Crippen LogP contribution in [0.2, 0.25) is 0 Å². The molecule has 2 aliphatic rings. The number of piperidine rings is 1. The minimum absolute atomic E-state index is 0.0128. The van der Waals surface area contributed by atoms with Crippen molar-refractivity contribution in [3.63, 3.8) is 0 Å². The Morgan fingerprint density at radius 1 is 1.28 bits per heavy atom. The second-order valence-electron chi connectivity index (χ2n) is 7.17. The molecule has 0 radical (unpaired) electrons. The van der Waals surface area contributed by atoms with Crippen molar-refractivity contribution in [3.8, 4) is 5.75 Å². The maximum absolute atomic E-state index is 12.9. The van der Waals surface area contributed by atoms with Crippen LogP contribution in [0.3, 0.4) is 0 Å². The molecule has 132 valence electrons. The second-order valence-corrected chi connectivity index (χ2v) is 7.17. The maximum Gasteiger partial charge on any atom is 0.270 e. The molecule has 1 aromatic heterocycles. The molecule has 0 bridgehead atoms. The highest BCUT2D eigenvalue weighted by Crippen LogP contribution is 2.38. The molecule has 2 N–H and O–H groups in total. The molecule has 1 aromatic carbocycles. The highest BCUT2D eigenvalue weighted by atomic mass is 16.5. The van der Waals surface area contributed by atoms with Gasteiger partial charge in [-0.15, -0.1) is 0 Å². The number of nitrogens with one attached hydrogen (secondary N) is 2. The molecule has 2 aromatic rings. The van der Waals surface area contributed by atoms with Gasteiger partial charge in [0.05, 0.1) is 7.11 Å². The van der Waals surface area contributed by atoms with Gasteiger partial charge in [0, 0.05) is 37.0 Å². The number of aromatic nitrogens is 1. The minimum atomic E-state index is -0.0128. The highest BCUT2D eigenvalue weighted by molar-refractivity contribution is 5.99. The predicted molar refractivity (Wildman–Crippen MR) is 94.6 cm³/mol. The predicted octanol–water partition coefficient (Wildman–Crippen LogP) is 2.16. The van der Waals surface area contributed by atoms with Crippen LogP contribution in [0, 0.1) is 11.8 Å². The molecular weight excluding hydrogens is 318 g/mol. The average Bonchev–Trinajstić information content (AvgIpc) is 3.23. The standard InChI is InChI=1S/C19H23N3O3/c1-22(13-6-11-8-18(23)20-10-12(11)7-13)19(24)16-9-14-15(21-16)4-3-5-17(14)25-2/h3-5,9,11-13,21H,6-8,10H2,1-2H3,(H,20,23)/t11-,12+,13-/m0/s1. The summed E-state index contributed by atoms with van der Waals surface area (Å²) in [6.07, 6.45) is 2.45. The summed E-state index contributed by atoms with van der Waals surface area (Å²) in [6.45, 7) is 0.742. The molecular formula is C19H23N3O3. The molecule has 2 amide bonds. The number of hydrogen-bond acceptors (Lipinski definition) is 3. The number of ether oxygens (including phenoxy) is 1. The lowest BCUT2D eigenvalue weighted by Crippen LogP contribution is -2.38. The Bertz CT molecular complexity index is 828. The van der Waals surface area contributed by atoms with Gasteiger partial charge in [-0.25, -0.2) is 0 Å². The Hall–Kier alpha value is -2.50. The van der Waals surface area contributed by atoms with E-state index < -0.39 is 0 Å². The van der Waals surface area contributed by atoms with E-state index in [1.165, 1.54) is 0 Å². The summed E-state index contributed by atoms with van der Waals surface area (Å²) in [6, 6.07) is 7.78. The first-order chi connectivity index (χ1) is 12.1. The van der Waals surface area contributed by atoms with E-state index in [0.717, 1.165) is 36.0 Å². The van der Waals surface area contributed by atoms with Gasteiger partial charge in [-0.3, -0.25) is 9.59 Å². The molecule has 3 atom stereocenters. The summed E-state index contributed by atoms with van der Waals surface area (Å²) >= 11 is 0. The van der Waals surface area contributed by atoms with Gasteiger partial charge in [-0.1, -0.05) is 6.07 Å². The fourth-order valence-corrected chi connectivity index (χ4v) is 4.33. The van der Waals surface area contributed by atoms with Gasteiger partial charge in [0.25, 0.3) is 5.91 Å². The van der Waals surface area contributed by atoms with Crippen LogP contribution >= 0.6 is 0 Å². The third kappa shape index (κ3) is 2.75. The van der Waals surface area contributed by atoms with Crippen molar-refractivity contribution in [2.45, 2.75) is 25.3 Å². The summed E-state index contributed by atoms with van der Waals surface area (Å²) in [5, 5.41) is 3.86. The summed E-state index contributed by atoms with van der Waals surface area (Å²) < 4.78 is 5.37. The van der Waals surface area contributed by atoms with Crippen molar-refractivity contribution >= 4 is 22.7 Å². The molecule has 6 nitrogen and oxygen atoms in total. The summed E-state index contributed by atoms with van der Waals surface area (Å²) in [5.74, 6) is 1.77. The fourth-order valence-electron chi connectivity index (χ4n) is 4.33. The van der Waals surface area contributed by atoms with Crippen LogP contribution in [0.25, 0.3) is 10.9 Å². The van der Waals surface area contributed by atoms with E-state index in [9.17, 15) is 9.59 Å². The molecule has 2 heterocycles. The Morgan fingerprint density at radius 2 is 2.08 bits per heavy atom. The van der Waals surface area contributed by atoms with Gasteiger partial charge < -0.3 is 19.9 Å². The second kappa shape index (κ2) is 6.10. The van der Waals surface area contributed by atoms with Gasteiger partial charge in [-0.2, -0.15) is 0 Å². The lowest BCUT2D eigenvalue weighted by Gasteiger charge is -2.24. The zero-order valence-corrected chi connectivity index (χ0v) is 14.5. The number of rotatable bonds is 3. The van der Waals surface area contributed by atoms with Gasteiger partial charge in [0.1, 0.15) is 11.4 Å². The summed E-state index contributed by atoms with van der Waals surface area (Å²) in [4.78, 5) is 29.6. The fraction of sp³-hybridized carbons (Fsp3) is 0.474. The number of carbonyl (C=O) groups excluding carboxylic acids is 2. The number of fused-ring (bicyclic) bond motifs is 2. The van der Waals surface area contributed by atoms with Crippen LogP contribution in [-0.4, -0.2) is 48.4 Å². The van der Waals surface area contributed by atoms with Crippen LogP contribution in [0.4, 0.5) is 0 Å². The monoisotopic (exact) mass is 341 g/mol.